The monoisotopic (exact) mass is 218 g/mol. The quantitative estimate of drug-likeness (QED) is 0.759. The molecule has 2 rings (SSSR count). The van der Waals surface area contributed by atoms with E-state index in [-0.39, 0.29) is 24.4 Å². The number of carbonyl (C=O) groups excluding carboxylic acids is 1. The standard InChI is InChI=1S/C14H18O2/c1-10(2)16-9-14(15)13-8-12(13)11-6-4-3-5-7-11/h3-7,10,12-13H,8-9H2,1-2H3. The Kier molecular flexibility index (Phi) is 3.39. The molecule has 2 unspecified atom stereocenters. The van der Waals surface area contributed by atoms with E-state index in [1.54, 1.807) is 0 Å². The molecule has 0 saturated heterocycles. The largest absolute Gasteiger partial charge is 0.371 e. The average molecular weight is 218 g/mol. The fourth-order valence-electron chi connectivity index (χ4n) is 1.98. The number of benzene rings is 1. The Morgan fingerprint density at radius 2 is 2.06 bits per heavy atom. The summed E-state index contributed by atoms with van der Waals surface area (Å²) in [4.78, 5) is 11.8. The molecular formula is C14H18O2. The van der Waals surface area contributed by atoms with Crippen LogP contribution in [0.4, 0.5) is 0 Å². The topological polar surface area (TPSA) is 26.3 Å². The van der Waals surface area contributed by atoms with Crippen LogP contribution in [0.25, 0.3) is 0 Å². The van der Waals surface area contributed by atoms with Crippen molar-refractivity contribution in [1.29, 1.82) is 0 Å². The van der Waals surface area contributed by atoms with E-state index >= 15 is 0 Å². The lowest BCUT2D eigenvalue weighted by Crippen LogP contribution is -2.15. The second-order valence-corrected chi connectivity index (χ2v) is 4.69. The minimum atomic E-state index is 0.137. The molecule has 1 aliphatic carbocycles. The highest BCUT2D eigenvalue weighted by Crippen LogP contribution is 2.47. The van der Waals surface area contributed by atoms with E-state index in [4.69, 9.17) is 4.74 Å². The van der Waals surface area contributed by atoms with E-state index in [2.05, 4.69) is 12.1 Å². The van der Waals surface area contributed by atoms with Crippen LogP contribution in [0.1, 0.15) is 31.7 Å². The number of hydrogen-bond acceptors (Lipinski definition) is 2. The summed E-state index contributed by atoms with van der Waals surface area (Å²) in [5.41, 5.74) is 1.28. The van der Waals surface area contributed by atoms with Gasteiger partial charge in [-0.05, 0) is 31.7 Å². The number of carbonyl (C=O) groups is 1. The van der Waals surface area contributed by atoms with Crippen molar-refractivity contribution in [2.75, 3.05) is 6.61 Å². The summed E-state index contributed by atoms with van der Waals surface area (Å²) in [6.07, 6.45) is 1.13. The van der Waals surface area contributed by atoms with Gasteiger partial charge in [0, 0.05) is 5.92 Å². The van der Waals surface area contributed by atoms with E-state index in [0.717, 1.165) is 6.42 Å². The van der Waals surface area contributed by atoms with Crippen LogP contribution in [0.3, 0.4) is 0 Å². The van der Waals surface area contributed by atoms with Crippen molar-refractivity contribution in [1.82, 2.24) is 0 Å². The summed E-state index contributed by atoms with van der Waals surface area (Å²) in [7, 11) is 0. The number of hydrogen-bond donors (Lipinski definition) is 0. The molecule has 1 aromatic rings. The summed E-state index contributed by atoms with van der Waals surface area (Å²) in [5.74, 6) is 0.883. The molecule has 2 atom stereocenters. The molecule has 0 spiro atoms. The first-order valence-corrected chi connectivity index (χ1v) is 5.87. The molecule has 0 heterocycles. The minimum Gasteiger partial charge on any atom is -0.371 e. The lowest BCUT2D eigenvalue weighted by atomic mass is 10.1. The predicted molar refractivity (Wildman–Crippen MR) is 63.4 cm³/mol. The third-order valence-electron chi connectivity index (χ3n) is 2.99. The molecule has 0 amide bonds. The maximum absolute atomic E-state index is 11.8. The van der Waals surface area contributed by atoms with Gasteiger partial charge in [-0.3, -0.25) is 4.79 Å². The van der Waals surface area contributed by atoms with Crippen LogP contribution in [0, 0.1) is 5.92 Å². The summed E-state index contributed by atoms with van der Waals surface area (Å²) < 4.78 is 5.34. The Morgan fingerprint density at radius 1 is 1.38 bits per heavy atom. The lowest BCUT2D eigenvalue weighted by Gasteiger charge is -2.06. The van der Waals surface area contributed by atoms with Gasteiger partial charge in [-0.2, -0.15) is 0 Å². The van der Waals surface area contributed by atoms with Crippen molar-refractivity contribution in [3.05, 3.63) is 35.9 Å². The number of ether oxygens (including phenoxy) is 1. The van der Waals surface area contributed by atoms with Crippen LogP contribution >= 0.6 is 0 Å². The van der Waals surface area contributed by atoms with Gasteiger partial charge in [-0.25, -0.2) is 0 Å². The molecule has 1 aromatic carbocycles. The van der Waals surface area contributed by atoms with Crippen LogP contribution in [0.2, 0.25) is 0 Å². The molecule has 0 N–H and O–H groups in total. The van der Waals surface area contributed by atoms with Crippen molar-refractivity contribution in [3.8, 4) is 0 Å². The van der Waals surface area contributed by atoms with Crippen molar-refractivity contribution in [2.45, 2.75) is 32.3 Å². The first-order chi connectivity index (χ1) is 7.68. The minimum absolute atomic E-state index is 0.137. The molecule has 0 radical (unpaired) electrons. The Balaban J connectivity index is 1.85. The van der Waals surface area contributed by atoms with Crippen LogP contribution < -0.4 is 0 Å². The van der Waals surface area contributed by atoms with Crippen molar-refractivity contribution in [3.63, 3.8) is 0 Å². The smallest absolute Gasteiger partial charge is 0.162 e. The van der Waals surface area contributed by atoms with Gasteiger partial charge >= 0.3 is 0 Å². The molecule has 16 heavy (non-hydrogen) atoms. The van der Waals surface area contributed by atoms with Crippen molar-refractivity contribution in [2.24, 2.45) is 5.92 Å². The zero-order valence-corrected chi connectivity index (χ0v) is 9.85. The highest BCUT2D eigenvalue weighted by atomic mass is 16.5. The Morgan fingerprint density at radius 3 is 2.69 bits per heavy atom. The SMILES string of the molecule is CC(C)OCC(=O)C1CC1c1ccccc1. The van der Waals surface area contributed by atoms with Gasteiger partial charge in [0.2, 0.25) is 0 Å². The van der Waals surface area contributed by atoms with Gasteiger partial charge in [0.25, 0.3) is 0 Å². The van der Waals surface area contributed by atoms with E-state index in [1.807, 2.05) is 32.0 Å². The van der Waals surface area contributed by atoms with Gasteiger partial charge < -0.3 is 4.74 Å². The molecule has 0 aliphatic heterocycles. The zero-order valence-electron chi connectivity index (χ0n) is 9.85. The first-order valence-electron chi connectivity index (χ1n) is 5.87. The predicted octanol–water partition coefficient (Wildman–Crippen LogP) is 2.78. The van der Waals surface area contributed by atoms with E-state index in [0.29, 0.717) is 5.92 Å². The highest BCUT2D eigenvalue weighted by molar-refractivity contribution is 5.86. The van der Waals surface area contributed by atoms with E-state index in [1.165, 1.54) is 5.56 Å². The highest BCUT2D eigenvalue weighted by Gasteiger charge is 2.43. The summed E-state index contributed by atoms with van der Waals surface area (Å²) >= 11 is 0. The van der Waals surface area contributed by atoms with E-state index in [9.17, 15) is 4.79 Å². The fraction of sp³-hybridized carbons (Fsp3) is 0.500. The van der Waals surface area contributed by atoms with Gasteiger partial charge in [-0.1, -0.05) is 30.3 Å². The molecule has 0 bridgehead atoms. The number of rotatable bonds is 5. The summed E-state index contributed by atoms with van der Waals surface area (Å²) in [5, 5.41) is 0. The molecular weight excluding hydrogens is 200 g/mol. The van der Waals surface area contributed by atoms with Gasteiger partial charge in [0.15, 0.2) is 5.78 Å². The van der Waals surface area contributed by atoms with Crippen LogP contribution in [0.5, 0.6) is 0 Å². The lowest BCUT2D eigenvalue weighted by molar-refractivity contribution is -0.126. The third kappa shape index (κ3) is 2.70. The Bertz CT molecular complexity index is 356. The molecule has 2 nitrogen and oxygen atoms in total. The summed E-state index contributed by atoms with van der Waals surface area (Å²) in [6.45, 7) is 4.18. The third-order valence-corrected chi connectivity index (χ3v) is 2.99. The van der Waals surface area contributed by atoms with Crippen molar-refractivity contribution < 1.29 is 9.53 Å². The molecule has 0 aromatic heterocycles. The Hall–Kier alpha value is -1.15. The van der Waals surface area contributed by atoms with Gasteiger partial charge in [0.05, 0.1) is 6.10 Å². The second kappa shape index (κ2) is 4.79. The summed E-state index contributed by atoms with van der Waals surface area (Å²) in [6, 6.07) is 10.3. The maximum Gasteiger partial charge on any atom is 0.162 e. The normalized spacial score (nSPS) is 23.4. The molecule has 1 fully saturated rings. The van der Waals surface area contributed by atoms with Crippen molar-refractivity contribution >= 4 is 5.78 Å². The maximum atomic E-state index is 11.8. The molecule has 1 aliphatic rings. The van der Waals surface area contributed by atoms with E-state index < -0.39 is 0 Å². The fourth-order valence-corrected chi connectivity index (χ4v) is 1.98. The molecule has 86 valence electrons. The number of Topliss-reactive ketones (excluding diaryl/α,β-unsaturated/α-hetero) is 1. The zero-order chi connectivity index (χ0) is 11.5. The van der Waals surface area contributed by atoms with Crippen LogP contribution in [-0.2, 0) is 9.53 Å². The first kappa shape index (κ1) is 11.3. The van der Waals surface area contributed by atoms with Crippen LogP contribution in [-0.4, -0.2) is 18.5 Å². The average Bonchev–Trinajstić information content (AvgIpc) is 3.07. The van der Waals surface area contributed by atoms with Crippen LogP contribution in [0.15, 0.2) is 30.3 Å². The van der Waals surface area contributed by atoms with Gasteiger partial charge in [0.1, 0.15) is 6.61 Å². The van der Waals surface area contributed by atoms with Gasteiger partial charge in [-0.15, -0.1) is 0 Å². The molecule has 2 heteroatoms. The second-order valence-electron chi connectivity index (χ2n) is 4.69. The Labute approximate surface area is 96.6 Å². The number of ketones is 1. The molecule has 1 saturated carbocycles.